The largest absolute Gasteiger partial charge is 0.489 e. The fraction of sp³-hybridized carbons (Fsp3) is 0.545. The highest BCUT2D eigenvalue weighted by Crippen LogP contribution is 2.55. The Kier molecular flexibility index (Phi) is 6.97. The normalized spacial score (nSPS) is 25.6. The van der Waals surface area contributed by atoms with E-state index in [2.05, 4.69) is 22.8 Å². The molecule has 0 heterocycles. The van der Waals surface area contributed by atoms with Crippen LogP contribution in [0.15, 0.2) is 36.2 Å². The van der Waals surface area contributed by atoms with Crippen molar-refractivity contribution in [3.63, 3.8) is 0 Å². The van der Waals surface area contributed by atoms with Crippen LogP contribution in [0, 0.1) is 0 Å². The van der Waals surface area contributed by atoms with Crippen molar-refractivity contribution in [2.45, 2.75) is 49.5 Å². The first-order chi connectivity index (χ1) is 14.4. The van der Waals surface area contributed by atoms with E-state index >= 15 is 0 Å². The molecule has 2 amide bonds. The fourth-order valence-electron chi connectivity index (χ4n) is 4.48. The van der Waals surface area contributed by atoms with Gasteiger partial charge in [0.15, 0.2) is 0 Å². The van der Waals surface area contributed by atoms with Crippen molar-refractivity contribution in [3.8, 4) is 5.75 Å². The van der Waals surface area contributed by atoms with E-state index in [-0.39, 0.29) is 42.3 Å². The Morgan fingerprint density at radius 3 is 2.27 bits per heavy atom. The van der Waals surface area contributed by atoms with Crippen LogP contribution in [0.5, 0.6) is 5.75 Å². The molecular formula is C22H29FN2O5. The van der Waals surface area contributed by atoms with Gasteiger partial charge in [0.2, 0.25) is 5.91 Å². The van der Waals surface area contributed by atoms with Gasteiger partial charge in [-0.3, -0.25) is 4.79 Å². The molecule has 3 fully saturated rings. The average molecular weight is 420 g/mol. The van der Waals surface area contributed by atoms with Crippen LogP contribution in [0.4, 0.5) is 9.18 Å². The predicted molar refractivity (Wildman–Crippen MR) is 109 cm³/mol. The molecule has 0 saturated heterocycles. The number of fused-ring (bicyclic) bond motifs is 3. The topological polar surface area (TPSA) is 96.9 Å². The number of nitrogens with one attached hydrogen (secondary N) is 2. The third-order valence-corrected chi connectivity index (χ3v) is 6.48. The molecule has 3 N–H and O–H groups in total. The molecule has 7 nitrogen and oxygen atoms in total. The number of carbonyl (C=O) groups excluding carboxylic acids is 1. The lowest BCUT2D eigenvalue weighted by Gasteiger charge is -2.53. The molecule has 0 unspecified atom stereocenters. The summed E-state index contributed by atoms with van der Waals surface area (Å²) < 4.78 is 24.5. The van der Waals surface area contributed by atoms with E-state index in [0.29, 0.717) is 12.1 Å². The molecule has 0 aliphatic heterocycles. The highest BCUT2D eigenvalue weighted by atomic mass is 19.1. The van der Waals surface area contributed by atoms with Crippen molar-refractivity contribution in [2.75, 3.05) is 26.8 Å². The molecule has 1 aromatic rings. The second kappa shape index (κ2) is 9.47. The highest BCUT2D eigenvalue weighted by Gasteiger charge is 2.50. The SMILES string of the molecule is CNC(=O)COC12CCC(c3ccc(OCC(=CF)CNC(=O)O)cc3)(CC1)CC2. The van der Waals surface area contributed by atoms with Gasteiger partial charge in [-0.05, 0) is 61.6 Å². The first-order valence-electron chi connectivity index (χ1n) is 10.2. The van der Waals surface area contributed by atoms with Crippen LogP contribution in [0.25, 0.3) is 0 Å². The number of hydrogen-bond donors (Lipinski definition) is 3. The molecule has 0 radical (unpaired) electrons. The number of likely N-dealkylation sites (N-methyl/N-ethyl adjacent to an activating group) is 1. The summed E-state index contributed by atoms with van der Waals surface area (Å²) in [5, 5.41) is 13.3. The summed E-state index contributed by atoms with van der Waals surface area (Å²) in [4.78, 5) is 22.0. The van der Waals surface area contributed by atoms with Gasteiger partial charge in [0.25, 0.3) is 0 Å². The van der Waals surface area contributed by atoms with Crippen LogP contribution in [0.1, 0.15) is 44.1 Å². The van der Waals surface area contributed by atoms with E-state index in [1.165, 1.54) is 5.56 Å². The van der Waals surface area contributed by atoms with Gasteiger partial charge in [0, 0.05) is 19.2 Å². The second-order valence-electron chi connectivity index (χ2n) is 8.16. The average Bonchev–Trinajstić information content (AvgIpc) is 2.79. The predicted octanol–water partition coefficient (Wildman–Crippen LogP) is 3.29. The molecule has 30 heavy (non-hydrogen) atoms. The molecule has 4 rings (SSSR count). The summed E-state index contributed by atoms with van der Waals surface area (Å²) in [6.45, 7) is -0.0178. The fourth-order valence-corrected chi connectivity index (χ4v) is 4.48. The third-order valence-electron chi connectivity index (χ3n) is 6.48. The number of carboxylic acid groups (broad SMARTS) is 1. The Labute approximate surface area is 175 Å². The second-order valence-corrected chi connectivity index (χ2v) is 8.16. The zero-order valence-electron chi connectivity index (χ0n) is 17.2. The van der Waals surface area contributed by atoms with Gasteiger partial charge in [-0.1, -0.05) is 12.1 Å². The number of hydrogen-bond acceptors (Lipinski definition) is 4. The lowest BCUT2D eigenvalue weighted by atomic mass is 9.56. The maximum atomic E-state index is 12.9. The van der Waals surface area contributed by atoms with E-state index in [0.717, 1.165) is 38.5 Å². The molecule has 3 aliphatic carbocycles. The molecular weight excluding hydrogens is 391 g/mol. The van der Waals surface area contributed by atoms with Crippen LogP contribution in [0.3, 0.4) is 0 Å². The summed E-state index contributed by atoms with van der Waals surface area (Å²) in [6, 6.07) is 7.88. The number of benzene rings is 1. The van der Waals surface area contributed by atoms with Crippen molar-refractivity contribution in [2.24, 2.45) is 0 Å². The zero-order chi connectivity index (χ0) is 21.6. The number of rotatable bonds is 9. The van der Waals surface area contributed by atoms with E-state index < -0.39 is 6.09 Å². The Morgan fingerprint density at radius 2 is 1.73 bits per heavy atom. The maximum absolute atomic E-state index is 12.9. The van der Waals surface area contributed by atoms with Gasteiger partial charge in [0.1, 0.15) is 19.0 Å². The van der Waals surface area contributed by atoms with Crippen LogP contribution < -0.4 is 15.4 Å². The van der Waals surface area contributed by atoms with Crippen molar-refractivity contribution in [1.29, 1.82) is 0 Å². The Morgan fingerprint density at radius 1 is 1.10 bits per heavy atom. The Bertz CT molecular complexity index is 769. The third kappa shape index (κ3) is 5.11. The number of ether oxygens (including phenoxy) is 2. The minimum atomic E-state index is -1.21. The van der Waals surface area contributed by atoms with E-state index in [4.69, 9.17) is 14.6 Å². The van der Waals surface area contributed by atoms with E-state index in [1.54, 1.807) is 7.05 Å². The van der Waals surface area contributed by atoms with Crippen molar-refractivity contribution < 1.29 is 28.6 Å². The molecule has 0 atom stereocenters. The first-order valence-corrected chi connectivity index (χ1v) is 10.2. The first kappa shape index (κ1) is 22.1. The molecule has 1 aromatic carbocycles. The molecule has 164 valence electrons. The minimum Gasteiger partial charge on any atom is -0.489 e. The molecule has 8 heteroatoms. The van der Waals surface area contributed by atoms with Crippen molar-refractivity contribution >= 4 is 12.0 Å². The lowest BCUT2D eigenvalue weighted by Crippen LogP contribution is -2.50. The van der Waals surface area contributed by atoms with Gasteiger partial charge in [-0.15, -0.1) is 0 Å². The maximum Gasteiger partial charge on any atom is 0.404 e. The van der Waals surface area contributed by atoms with Gasteiger partial charge in [-0.25, -0.2) is 9.18 Å². The Balaban J connectivity index is 1.55. The summed E-state index contributed by atoms with van der Waals surface area (Å²) >= 11 is 0. The van der Waals surface area contributed by atoms with Gasteiger partial charge in [0.05, 0.1) is 11.9 Å². The van der Waals surface area contributed by atoms with Crippen molar-refractivity contribution in [3.05, 3.63) is 41.7 Å². The van der Waals surface area contributed by atoms with Gasteiger partial charge < -0.3 is 25.2 Å². The van der Waals surface area contributed by atoms with E-state index in [9.17, 15) is 14.0 Å². The molecule has 2 bridgehead atoms. The van der Waals surface area contributed by atoms with Crippen LogP contribution in [0.2, 0.25) is 0 Å². The molecule has 3 saturated carbocycles. The number of halogens is 1. The lowest BCUT2D eigenvalue weighted by molar-refractivity contribution is -0.146. The molecule has 3 aliphatic rings. The van der Waals surface area contributed by atoms with Crippen LogP contribution >= 0.6 is 0 Å². The standard InChI is InChI=1S/C22H29FN2O5/c1-24-19(26)15-30-22-9-6-21(7-10-22,8-11-22)17-2-4-18(5-3-17)29-14-16(12-23)13-25-20(27)28/h2-5,12,25H,6-11,13-15H2,1H3,(H,24,26)(H,27,28). The quantitative estimate of drug-likeness (QED) is 0.570. The summed E-state index contributed by atoms with van der Waals surface area (Å²) in [5.41, 5.74) is 1.44. The van der Waals surface area contributed by atoms with Gasteiger partial charge >= 0.3 is 6.09 Å². The smallest absolute Gasteiger partial charge is 0.404 e. The van der Waals surface area contributed by atoms with Crippen LogP contribution in [-0.4, -0.2) is 49.5 Å². The number of carbonyl (C=O) groups is 2. The summed E-state index contributed by atoms with van der Waals surface area (Å²) in [7, 11) is 1.62. The molecule has 0 aromatic heterocycles. The summed E-state index contributed by atoms with van der Waals surface area (Å²) in [5.74, 6) is 0.520. The summed E-state index contributed by atoms with van der Waals surface area (Å²) in [6.07, 6.45) is 5.08. The number of amides is 2. The molecule has 0 spiro atoms. The Hall–Kier alpha value is -2.61. The van der Waals surface area contributed by atoms with Crippen LogP contribution in [-0.2, 0) is 14.9 Å². The zero-order valence-corrected chi connectivity index (χ0v) is 17.2. The monoisotopic (exact) mass is 420 g/mol. The highest BCUT2D eigenvalue weighted by molar-refractivity contribution is 5.76. The van der Waals surface area contributed by atoms with Gasteiger partial charge in [-0.2, -0.15) is 0 Å². The van der Waals surface area contributed by atoms with Crippen molar-refractivity contribution in [1.82, 2.24) is 10.6 Å². The van der Waals surface area contributed by atoms with E-state index in [1.807, 2.05) is 12.1 Å². The minimum absolute atomic E-state index is 0.0214.